The zero-order valence-electron chi connectivity index (χ0n) is 18.5. The van der Waals surface area contributed by atoms with Crippen molar-refractivity contribution in [2.45, 2.75) is 33.7 Å². The number of halogens is 8. The molecule has 0 spiro atoms. The van der Waals surface area contributed by atoms with Gasteiger partial charge in [-0.05, 0) is 48.9 Å². The Morgan fingerprint density at radius 2 is 1.43 bits per heavy atom. The van der Waals surface area contributed by atoms with Gasteiger partial charge in [0, 0.05) is 18.4 Å². The molecule has 18 heteroatoms. The van der Waals surface area contributed by atoms with Crippen LogP contribution in [0.4, 0.5) is 38.3 Å². The van der Waals surface area contributed by atoms with Gasteiger partial charge in [0.2, 0.25) is 0 Å². The maximum Gasteiger partial charge on any atom is 0.389 e. The number of hydrogen-bond donors (Lipinski definition) is 2. The summed E-state index contributed by atoms with van der Waals surface area (Å²) in [4.78, 5) is 8.90. The van der Waals surface area contributed by atoms with Crippen LogP contribution in [0.3, 0.4) is 0 Å². The monoisotopic (exact) mass is 602 g/mol. The van der Waals surface area contributed by atoms with Gasteiger partial charge < -0.3 is 5.32 Å². The fourth-order valence-corrected chi connectivity index (χ4v) is 5.07. The lowest BCUT2D eigenvalue weighted by Gasteiger charge is -2.40. The zero-order valence-corrected chi connectivity index (χ0v) is 20.9. The molecule has 0 aliphatic rings. The van der Waals surface area contributed by atoms with Gasteiger partial charge in [-0.2, -0.15) is 13.2 Å². The molecule has 2 rings (SSSR count). The van der Waals surface area contributed by atoms with Gasteiger partial charge in [-0.3, -0.25) is 9.52 Å². The second-order valence-corrected chi connectivity index (χ2v) is 13.8. The van der Waals surface area contributed by atoms with E-state index in [-0.39, 0.29) is 23.1 Å². The van der Waals surface area contributed by atoms with Crippen molar-refractivity contribution in [1.82, 2.24) is 5.32 Å². The minimum Gasteiger partial charge on any atom is -0.326 e. The average Bonchev–Trinajstić information content (AvgIpc) is 2.69. The lowest BCUT2D eigenvalue weighted by atomic mass is 10.1. The SMILES string of the molecule is C=C(CCC(F)(F)F)NC(=O)c1ccc(S(F)(F)(F)(F)F)cc1NS(=O)(=O)c1ccc(S(C)(=O)=O)cc1. The summed E-state index contributed by atoms with van der Waals surface area (Å²) in [6, 6.07) is 2.91. The molecule has 1 amide bonds. The van der Waals surface area contributed by atoms with Crippen LogP contribution in [0.5, 0.6) is 0 Å². The second kappa shape index (κ2) is 8.87. The number of allylic oxidation sites excluding steroid dienone is 1. The maximum atomic E-state index is 13.3. The molecule has 0 unspecified atom stereocenters. The van der Waals surface area contributed by atoms with Crippen LogP contribution < -0.4 is 10.0 Å². The molecule has 0 fully saturated rings. The van der Waals surface area contributed by atoms with Crippen LogP contribution in [0.25, 0.3) is 0 Å². The molecule has 2 aromatic carbocycles. The van der Waals surface area contributed by atoms with Gasteiger partial charge in [0.25, 0.3) is 15.9 Å². The first-order valence-electron chi connectivity index (χ1n) is 9.55. The molecule has 0 saturated carbocycles. The Hall–Kier alpha value is -2.86. The third kappa shape index (κ3) is 8.60. The van der Waals surface area contributed by atoms with Crippen molar-refractivity contribution in [3.8, 4) is 0 Å². The van der Waals surface area contributed by atoms with Crippen LogP contribution in [0.2, 0.25) is 0 Å². The van der Waals surface area contributed by atoms with Gasteiger partial charge in [-0.15, -0.1) is 0 Å². The summed E-state index contributed by atoms with van der Waals surface area (Å²) in [7, 11) is -19.0. The van der Waals surface area contributed by atoms with E-state index in [9.17, 15) is 54.2 Å². The summed E-state index contributed by atoms with van der Waals surface area (Å²) >= 11 is 0. The highest BCUT2D eigenvalue weighted by atomic mass is 32.5. The number of carbonyl (C=O) groups excluding carboxylic acids is 1. The standard InChI is InChI=1S/C19H18F8N2O5S3/c1-12(9-10-19(20,21)22)28-18(30)16-8-7-15(37(23,24,25,26)27)11-17(16)29-36(33,34)14-5-3-13(4-6-14)35(2,31)32/h3-8,11,29H,1,9-10H2,2H3,(H,28,30). The van der Waals surface area contributed by atoms with Crippen molar-refractivity contribution in [3.63, 3.8) is 0 Å². The number of benzene rings is 2. The van der Waals surface area contributed by atoms with Gasteiger partial charge in [-0.25, -0.2) is 16.8 Å². The summed E-state index contributed by atoms with van der Waals surface area (Å²) in [6.07, 6.45) is -6.07. The predicted octanol–water partition coefficient (Wildman–Crippen LogP) is 6.13. The Morgan fingerprint density at radius 3 is 1.89 bits per heavy atom. The van der Waals surface area contributed by atoms with E-state index in [1.807, 2.05) is 5.32 Å². The Morgan fingerprint density at radius 1 is 0.919 bits per heavy atom. The number of sulfonamides is 1. The third-order valence-electron chi connectivity index (χ3n) is 4.49. The molecule has 0 bridgehead atoms. The Balaban J connectivity index is 2.52. The number of carbonyl (C=O) groups is 1. The second-order valence-electron chi connectivity index (χ2n) is 7.70. The number of anilines is 1. The molecular formula is C19H18F8N2O5S3. The van der Waals surface area contributed by atoms with Gasteiger partial charge in [-0.1, -0.05) is 26.0 Å². The largest absolute Gasteiger partial charge is 0.389 e. The van der Waals surface area contributed by atoms with E-state index >= 15 is 0 Å². The summed E-state index contributed by atoms with van der Waals surface area (Å²) in [5.41, 5.74) is -2.77. The van der Waals surface area contributed by atoms with Crippen LogP contribution in [-0.4, -0.2) is 35.2 Å². The van der Waals surface area contributed by atoms with Crippen molar-refractivity contribution in [2.75, 3.05) is 11.0 Å². The first-order valence-corrected chi connectivity index (χ1v) is 14.9. The topological polar surface area (TPSA) is 109 Å². The third-order valence-corrected chi connectivity index (χ3v) is 8.14. The molecule has 0 aromatic heterocycles. The van der Waals surface area contributed by atoms with Gasteiger partial charge >= 0.3 is 16.4 Å². The van der Waals surface area contributed by atoms with E-state index in [2.05, 4.69) is 6.58 Å². The van der Waals surface area contributed by atoms with Crippen molar-refractivity contribution in [3.05, 3.63) is 60.3 Å². The van der Waals surface area contributed by atoms with Crippen molar-refractivity contribution >= 4 is 41.7 Å². The highest BCUT2D eigenvalue weighted by molar-refractivity contribution is 8.45. The van der Waals surface area contributed by atoms with Crippen molar-refractivity contribution in [2.24, 2.45) is 0 Å². The number of rotatable bonds is 9. The Kier molecular flexibility index (Phi) is 7.28. The number of hydrogen-bond acceptors (Lipinski definition) is 5. The molecule has 0 aliphatic heterocycles. The summed E-state index contributed by atoms with van der Waals surface area (Å²) in [5, 5.41) is 1.84. The predicted molar refractivity (Wildman–Crippen MR) is 120 cm³/mol. The van der Waals surface area contributed by atoms with E-state index in [4.69, 9.17) is 0 Å². The minimum absolute atomic E-state index is 0.187. The molecule has 37 heavy (non-hydrogen) atoms. The van der Waals surface area contributed by atoms with Crippen LogP contribution in [0.15, 0.2) is 69.4 Å². The molecule has 2 aromatic rings. The van der Waals surface area contributed by atoms with E-state index in [0.717, 1.165) is 30.5 Å². The Labute approximate surface area is 206 Å². The highest BCUT2D eigenvalue weighted by Crippen LogP contribution is 3.02. The van der Waals surface area contributed by atoms with E-state index in [0.29, 0.717) is 0 Å². The van der Waals surface area contributed by atoms with Gasteiger partial charge in [0.15, 0.2) is 9.84 Å². The van der Waals surface area contributed by atoms with Crippen LogP contribution >= 0.6 is 10.2 Å². The fourth-order valence-electron chi connectivity index (χ4n) is 2.70. The quantitative estimate of drug-likeness (QED) is 0.336. The lowest BCUT2D eigenvalue weighted by molar-refractivity contribution is -0.134. The van der Waals surface area contributed by atoms with E-state index in [1.54, 1.807) is 4.72 Å². The molecule has 7 nitrogen and oxygen atoms in total. The number of sulfone groups is 1. The molecule has 0 aliphatic carbocycles. The van der Waals surface area contributed by atoms with Crippen LogP contribution in [0.1, 0.15) is 23.2 Å². The first-order chi connectivity index (χ1) is 16.3. The normalized spacial score (nSPS) is 14.8. The molecule has 2 N–H and O–H groups in total. The lowest BCUT2D eigenvalue weighted by Crippen LogP contribution is -2.25. The maximum absolute atomic E-state index is 13.3. The number of amides is 1. The van der Waals surface area contributed by atoms with Crippen LogP contribution in [-0.2, 0) is 19.9 Å². The van der Waals surface area contributed by atoms with Gasteiger partial charge in [0.1, 0.15) is 4.90 Å². The average molecular weight is 603 g/mol. The van der Waals surface area contributed by atoms with Gasteiger partial charge in [0.05, 0.1) is 21.0 Å². The van der Waals surface area contributed by atoms with E-state index < -0.39 is 81.7 Å². The number of alkyl halides is 3. The smallest absolute Gasteiger partial charge is 0.326 e. The summed E-state index contributed by atoms with van der Waals surface area (Å²) in [6.45, 7) is 3.17. The molecule has 0 radical (unpaired) electrons. The van der Waals surface area contributed by atoms with Crippen molar-refractivity contribution < 1.29 is 54.2 Å². The highest BCUT2D eigenvalue weighted by Gasteiger charge is 2.65. The molecule has 208 valence electrons. The molecule has 0 saturated heterocycles. The van der Waals surface area contributed by atoms with E-state index in [1.165, 1.54) is 0 Å². The zero-order chi connectivity index (χ0) is 28.7. The Bertz CT molecular complexity index is 1450. The van der Waals surface area contributed by atoms with Crippen LogP contribution in [0, 0.1) is 0 Å². The molecule has 0 atom stereocenters. The summed E-state index contributed by atoms with van der Waals surface area (Å²) in [5.74, 6) is -1.44. The molecular weight excluding hydrogens is 584 g/mol. The fraction of sp³-hybridized carbons (Fsp3) is 0.211. The molecule has 0 heterocycles. The first kappa shape index (κ1) is 30.4. The summed E-state index contributed by atoms with van der Waals surface area (Å²) < 4.78 is 154. The minimum atomic E-state index is -10.4. The number of nitrogens with one attached hydrogen (secondary N) is 2. The van der Waals surface area contributed by atoms with Crippen molar-refractivity contribution in [1.29, 1.82) is 0 Å².